The van der Waals surface area contributed by atoms with Gasteiger partial charge in [0.25, 0.3) is 0 Å². The lowest BCUT2D eigenvalue weighted by Crippen LogP contribution is -2.68. The van der Waals surface area contributed by atoms with Gasteiger partial charge in [-0.1, -0.05) is 15.9 Å². The average Bonchev–Trinajstić information content (AvgIpc) is 2.36. The first-order valence-corrected chi connectivity index (χ1v) is 6.74. The van der Waals surface area contributed by atoms with Crippen molar-refractivity contribution >= 4 is 15.9 Å². The maximum atomic E-state index is 12.6. The molecule has 0 atom stereocenters. The van der Waals surface area contributed by atoms with Crippen molar-refractivity contribution in [3.63, 3.8) is 0 Å². The van der Waals surface area contributed by atoms with E-state index in [0.717, 1.165) is 0 Å². The summed E-state index contributed by atoms with van der Waals surface area (Å²) in [5.74, 6) is 0.0263. The summed E-state index contributed by atoms with van der Waals surface area (Å²) in [6, 6.07) is 5.49. The molecule has 0 fully saturated rings. The first kappa shape index (κ1) is 20.9. The van der Waals surface area contributed by atoms with Gasteiger partial charge in [-0.15, -0.1) is 0 Å². The lowest BCUT2D eigenvalue weighted by atomic mass is 10.0. The molecule has 0 bridgehead atoms. The molecule has 2 nitrogen and oxygen atoms in total. The van der Waals surface area contributed by atoms with Crippen molar-refractivity contribution < 1.29 is 49.0 Å². The third kappa shape index (κ3) is 4.26. The predicted octanol–water partition coefficient (Wildman–Crippen LogP) is 5.27. The third-order valence-corrected chi connectivity index (χ3v) is 3.21. The maximum Gasteiger partial charge on any atom is 0.435 e. The highest BCUT2D eigenvalue weighted by Gasteiger charge is 2.85. The molecule has 0 heterocycles. The average molecular weight is 435 g/mol. The molecule has 0 unspecified atom stereocenters. The van der Waals surface area contributed by atoms with E-state index in [1.54, 1.807) is 0 Å². The van der Waals surface area contributed by atoms with Crippen LogP contribution in [-0.2, 0) is 4.74 Å². The molecular formula is C12H8BrF9O2. The lowest BCUT2D eigenvalue weighted by molar-refractivity contribution is -0.457. The minimum atomic E-state index is -6.75. The molecule has 0 spiro atoms. The molecule has 1 rings (SSSR count). The van der Waals surface area contributed by atoms with E-state index in [1.165, 1.54) is 24.3 Å². The molecule has 0 amide bonds. The number of rotatable bonds is 5. The Labute approximate surface area is 137 Å². The Balaban J connectivity index is 2.89. The number of hydrogen-bond donors (Lipinski definition) is 0. The fourth-order valence-corrected chi connectivity index (χ4v) is 1.88. The van der Waals surface area contributed by atoms with E-state index in [1.807, 2.05) is 0 Å². The van der Waals surface area contributed by atoms with E-state index < -0.39 is 37.3 Å². The molecule has 0 aliphatic carbocycles. The lowest BCUT2D eigenvalue weighted by Gasteiger charge is -2.37. The molecule has 1 aromatic carbocycles. The molecule has 138 valence electrons. The summed E-state index contributed by atoms with van der Waals surface area (Å²) >= 11 is 3.06. The number of hydrogen-bond acceptors (Lipinski definition) is 2. The molecule has 0 N–H and O–H groups in total. The van der Waals surface area contributed by atoms with Gasteiger partial charge in [-0.05, 0) is 24.3 Å². The van der Waals surface area contributed by atoms with Crippen LogP contribution in [0.3, 0.4) is 0 Å². The minimum Gasteiger partial charge on any atom is -0.491 e. The Hall–Kier alpha value is -1.17. The molecule has 12 heteroatoms. The minimum absolute atomic E-state index is 0.0263. The largest absolute Gasteiger partial charge is 0.491 e. The van der Waals surface area contributed by atoms with E-state index >= 15 is 0 Å². The summed E-state index contributed by atoms with van der Waals surface area (Å²) in [4.78, 5) is 0. The van der Waals surface area contributed by atoms with E-state index in [0.29, 0.717) is 4.47 Å². The molecule has 0 aliphatic heterocycles. The zero-order chi connectivity index (χ0) is 18.8. The Morgan fingerprint density at radius 3 is 1.50 bits per heavy atom. The van der Waals surface area contributed by atoms with Crippen LogP contribution in [0.5, 0.6) is 5.75 Å². The highest BCUT2D eigenvalue weighted by Crippen LogP contribution is 2.54. The zero-order valence-corrected chi connectivity index (χ0v) is 12.9. The highest BCUT2D eigenvalue weighted by atomic mass is 79.9. The Morgan fingerprint density at radius 2 is 1.12 bits per heavy atom. The van der Waals surface area contributed by atoms with Gasteiger partial charge in [0.15, 0.2) is 0 Å². The normalized spacial score (nSPS) is 13.9. The Kier molecular flexibility index (Phi) is 6.07. The number of benzene rings is 1. The smallest absolute Gasteiger partial charge is 0.435 e. The fourth-order valence-electron chi connectivity index (χ4n) is 1.61. The third-order valence-electron chi connectivity index (χ3n) is 2.68. The van der Waals surface area contributed by atoms with Crippen LogP contribution in [0.2, 0.25) is 0 Å². The van der Waals surface area contributed by atoms with Crippen LogP contribution in [0, 0.1) is 0 Å². The molecule has 0 saturated heterocycles. The molecule has 0 saturated carbocycles. The van der Waals surface area contributed by atoms with Gasteiger partial charge in [-0.25, -0.2) is 0 Å². The number of ether oxygens (including phenoxy) is 2. The molecule has 0 radical (unpaired) electrons. The van der Waals surface area contributed by atoms with E-state index in [-0.39, 0.29) is 5.75 Å². The Bertz CT molecular complexity index is 497. The second-order valence-corrected chi connectivity index (χ2v) is 5.24. The van der Waals surface area contributed by atoms with Gasteiger partial charge in [0.05, 0.1) is 6.61 Å². The quantitative estimate of drug-likeness (QED) is 0.464. The molecular weight excluding hydrogens is 427 g/mol. The maximum absolute atomic E-state index is 12.6. The van der Waals surface area contributed by atoms with Gasteiger partial charge < -0.3 is 9.47 Å². The first-order valence-electron chi connectivity index (χ1n) is 5.95. The molecule has 0 aromatic heterocycles. The van der Waals surface area contributed by atoms with Crippen molar-refractivity contribution in [3.8, 4) is 5.75 Å². The van der Waals surface area contributed by atoms with Crippen molar-refractivity contribution in [3.05, 3.63) is 28.7 Å². The van der Waals surface area contributed by atoms with Crippen molar-refractivity contribution in [2.24, 2.45) is 0 Å². The predicted molar refractivity (Wildman–Crippen MR) is 66.5 cm³/mol. The highest BCUT2D eigenvalue weighted by molar-refractivity contribution is 9.10. The van der Waals surface area contributed by atoms with Crippen LogP contribution in [-0.4, -0.2) is 37.3 Å². The second kappa shape index (κ2) is 6.98. The summed E-state index contributed by atoms with van der Waals surface area (Å²) in [5, 5.41) is 0. The van der Waals surface area contributed by atoms with Crippen molar-refractivity contribution in [2.75, 3.05) is 13.2 Å². The van der Waals surface area contributed by atoms with Crippen LogP contribution in [0.4, 0.5) is 39.5 Å². The molecule has 1 aromatic rings. The van der Waals surface area contributed by atoms with Gasteiger partial charge in [-0.3, -0.25) is 0 Å². The second-order valence-electron chi connectivity index (χ2n) is 4.33. The summed E-state index contributed by atoms with van der Waals surface area (Å²) in [5.41, 5.74) is -6.28. The Morgan fingerprint density at radius 1 is 0.708 bits per heavy atom. The van der Waals surface area contributed by atoms with Crippen LogP contribution >= 0.6 is 15.9 Å². The standard InChI is InChI=1S/C12H8BrF9O2/c13-7-1-3-8(4-2-7)23-5-6-24-9(10(14,15)16,11(17,18)19)12(20,21)22/h1-4H,5-6H2. The van der Waals surface area contributed by atoms with Crippen molar-refractivity contribution in [1.29, 1.82) is 0 Å². The summed E-state index contributed by atoms with van der Waals surface area (Å²) < 4.78 is 122. The van der Waals surface area contributed by atoms with Gasteiger partial charge >= 0.3 is 24.1 Å². The van der Waals surface area contributed by atoms with Crippen LogP contribution in [0.1, 0.15) is 0 Å². The van der Waals surface area contributed by atoms with Gasteiger partial charge in [0, 0.05) is 4.47 Å². The van der Waals surface area contributed by atoms with Crippen molar-refractivity contribution in [2.45, 2.75) is 24.1 Å². The summed E-state index contributed by atoms with van der Waals surface area (Å²) in [7, 11) is 0. The van der Waals surface area contributed by atoms with E-state index in [9.17, 15) is 39.5 Å². The number of halogens is 10. The van der Waals surface area contributed by atoms with E-state index in [4.69, 9.17) is 4.74 Å². The van der Waals surface area contributed by atoms with Gasteiger partial charge in [0.1, 0.15) is 12.4 Å². The molecule has 24 heavy (non-hydrogen) atoms. The fraction of sp³-hybridized carbons (Fsp3) is 0.500. The monoisotopic (exact) mass is 434 g/mol. The molecule has 0 aliphatic rings. The van der Waals surface area contributed by atoms with Crippen molar-refractivity contribution in [1.82, 2.24) is 0 Å². The zero-order valence-electron chi connectivity index (χ0n) is 11.3. The van der Waals surface area contributed by atoms with E-state index in [2.05, 4.69) is 20.7 Å². The first-order chi connectivity index (χ1) is 10.7. The van der Waals surface area contributed by atoms with Crippen LogP contribution in [0.25, 0.3) is 0 Å². The SMILES string of the molecule is FC(F)(F)C(OCCOc1ccc(Br)cc1)(C(F)(F)F)C(F)(F)F. The van der Waals surface area contributed by atoms with Gasteiger partial charge in [-0.2, -0.15) is 39.5 Å². The topological polar surface area (TPSA) is 18.5 Å². The van der Waals surface area contributed by atoms with Crippen LogP contribution in [0.15, 0.2) is 28.7 Å². The van der Waals surface area contributed by atoms with Gasteiger partial charge in [0.2, 0.25) is 0 Å². The van der Waals surface area contributed by atoms with Crippen LogP contribution < -0.4 is 4.74 Å². The summed E-state index contributed by atoms with van der Waals surface area (Å²) in [6.45, 7) is -2.54. The number of alkyl halides is 9. The summed E-state index contributed by atoms with van der Waals surface area (Å²) in [6.07, 6.45) is -20.2.